The fourth-order valence-corrected chi connectivity index (χ4v) is 2.68. The first-order valence-corrected chi connectivity index (χ1v) is 8.80. The maximum atomic E-state index is 12.7. The van der Waals surface area contributed by atoms with Gasteiger partial charge in [0.25, 0.3) is 5.91 Å². The van der Waals surface area contributed by atoms with Gasteiger partial charge in [-0.1, -0.05) is 26.0 Å². The Morgan fingerprint density at radius 3 is 2.46 bits per heavy atom. The van der Waals surface area contributed by atoms with Crippen molar-refractivity contribution in [2.24, 2.45) is 0 Å². The second-order valence-corrected chi connectivity index (χ2v) is 5.88. The van der Waals surface area contributed by atoms with Crippen molar-refractivity contribution in [1.82, 2.24) is 9.88 Å². The third-order valence-electron chi connectivity index (χ3n) is 3.86. The number of nitrogens with one attached hydrogen (secondary N) is 1. The van der Waals surface area contributed by atoms with Crippen molar-refractivity contribution < 1.29 is 14.3 Å². The average molecular weight is 355 g/mol. The molecule has 0 spiro atoms. The number of hydrogen-bond donors (Lipinski definition) is 1. The van der Waals surface area contributed by atoms with Crippen LogP contribution in [0.4, 0.5) is 11.4 Å². The molecule has 2 rings (SSSR count). The number of rotatable bonds is 8. The van der Waals surface area contributed by atoms with E-state index < -0.39 is 5.97 Å². The van der Waals surface area contributed by atoms with Crippen LogP contribution in [0.5, 0.6) is 0 Å². The lowest BCUT2D eigenvalue weighted by molar-refractivity contribution is 0.0601. The molecule has 26 heavy (non-hydrogen) atoms. The number of para-hydroxylation sites is 1. The summed E-state index contributed by atoms with van der Waals surface area (Å²) in [6.45, 7) is 5.50. The van der Waals surface area contributed by atoms with E-state index in [2.05, 4.69) is 10.3 Å². The molecule has 1 N–H and O–H groups in total. The SMILES string of the molecule is CCCN(CCC)C(=O)c1cc(Nc2ccccc2C(=O)OC)ccn1. The van der Waals surface area contributed by atoms with E-state index in [9.17, 15) is 9.59 Å². The van der Waals surface area contributed by atoms with Crippen molar-refractivity contribution >= 4 is 23.3 Å². The summed E-state index contributed by atoms with van der Waals surface area (Å²) in [6, 6.07) is 10.5. The number of anilines is 2. The predicted octanol–water partition coefficient (Wildman–Crippen LogP) is 3.87. The van der Waals surface area contributed by atoms with Gasteiger partial charge in [-0.3, -0.25) is 9.78 Å². The zero-order chi connectivity index (χ0) is 18.9. The van der Waals surface area contributed by atoms with Crippen molar-refractivity contribution in [3.63, 3.8) is 0 Å². The van der Waals surface area contributed by atoms with E-state index >= 15 is 0 Å². The quantitative estimate of drug-likeness (QED) is 0.728. The van der Waals surface area contributed by atoms with Gasteiger partial charge in [0.1, 0.15) is 5.69 Å². The molecule has 0 radical (unpaired) electrons. The summed E-state index contributed by atoms with van der Waals surface area (Å²) >= 11 is 0. The molecule has 1 aromatic heterocycles. The highest BCUT2D eigenvalue weighted by atomic mass is 16.5. The number of ether oxygens (including phenoxy) is 1. The zero-order valence-corrected chi connectivity index (χ0v) is 15.5. The Labute approximate surface area is 154 Å². The van der Waals surface area contributed by atoms with Crippen LogP contribution in [0.1, 0.15) is 47.5 Å². The smallest absolute Gasteiger partial charge is 0.339 e. The van der Waals surface area contributed by atoms with E-state index in [1.54, 1.807) is 36.5 Å². The number of pyridine rings is 1. The van der Waals surface area contributed by atoms with E-state index in [1.165, 1.54) is 7.11 Å². The van der Waals surface area contributed by atoms with Gasteiger partial charge in [0.2, 0.25) is 0 Å². The molecule has 1 amide bonds. The standard InChI is InChI=1S/C20H25N3O3/c1-4-12-23(13-5-2)19(24)18-14-15(10-11-21-18)22-17-9-7-6-8-16(17)20(25)26-3/h6-11,14H,4-5,12-13H2,1-3H3,(H,21,22). The van der Waals surface area contributed by atoms with Crippen LogP contribution in [0.2, 0.25) is 0 Å². The molecule has 0 unspecified atom stereocenters. The average Bonchev–Trinajstić information content (AvgIpc) is 2.67. The van der Waals surface area contributed by atoms with Gasteiger partial charge in [-0.05, 0) is 37.1 Å². The highest BCUT2D eigenvalue weighted by molar-refractivity contribution is 5.97. The number of methoxy groups -OCH3 is 1. The van der Waals surface area contributed by atoms with E-state index in [4.69, 9.17) is 4.74 Å². The highest BCUT2D eigenvalue weighted by Gasteiger charge is 2.17. The molecule has 0 aliphatic heterocycles. The first-order valence-electron chi connectivity index (χ1n) is 8.80. The third kappa shape index (κ3) is 4.81. The van der Waals surface area contributed by atoms with E-state index in [-0.39, 0.29) is 5.91 Å². The summed E-state index contributed by atoms with van der Waals surface area (Å²) < 4.78 is 4.81. The van der Waals surface area contributed by atoms with Gasteiger partial charge >= 0.3 is 5.97 Å². The highest BCUT2D eigenvalue weighted by Crippen LogP contribution is 2.22. The number of carbonyl (C=O) groups excluding carboxylic acids is 2. The molecule has 2 aromatic rings. The Hall–Kier alpha value is -2.89. The minimum Gasteiger partial charge on any atom is -0.465 e. The summed E-state index contributed by atoms with van der Waals surface area (Å²) in [5.74, 6) is -0.505. The molecule has 0 saturated heterocycles. The van der Waals surface area contributed by atoms with Gasteiger partial charge in [-0.25, -0.2) is 4.79 Å². The fourth-order valence-electron chi connectivity index (χ4n) is 2.68. The largest absolute Gasteiger partial charge is 0.465 e. The van der Waals surface area contributed by atoms with Gasteiger partial charge in [-0.15, -0.1) is 0 Å². The van der Waals surface area contributed by atoms with Crippen molar-refractivity contribution in [1.29, 1.82) is 0 Å². The van der Waals surface area contributed by atoms with Gasteiger partial charge in [-0.2, -0.15) is 0 Å². The number of esters is 1. The van der Waals surface area contributed by atoms with Crippen LogP contribution >= 0.6 is 0 Å². The Bertz CT molecular complexity index is 755. The summed E-state index contributed by atoms with van der Waals surface area (Å²) in [6.07, 6.45) is 3.39. The van der Waals surface area contributed by atoms with Crippen molar-refractivity contribution in [3.05, 3.63) is 53.9 Å². The molecular weight excluding hydrogens is 330 g/mol. The molecule has 6 nitrogen and oxygen atoms in total. The zero-order valence-electron chi connectivity index (χ0n) is 15.5. The second kappa shape index (κ2) is 9.56. The Morgan fingerprint density at radius 2 is 1.81 bits per heavy atom. The maximum Gasteiger partial charge on any atom is 0.339 e. The molecule has 6 heteroatoms. The number of amides is 1. The summed E-state index contributed by atoms with van der Waals surface area (Å²) in [4.78, 5) is 30.6. The second-order valence-electron chi connectivity index (χ2n) is 5.88. The number of hydrogen-bond acceptors (Lipinski definition) is 5. The van der Waals surface area contributed by atoms with Crippen LogP contribution in [0.15, 0.2) is 42.6 Å². The monoisotopic (exact) mass is 355 g/mol. The first-order chi connectivity index (χ1) is 12.6. The lowest BCUT2D eigenvalue weighted by atomic mass is 10.1. The summed E-state index contributed by atoms with van der Waals surface area (Å²) in [5, 5.41) is 3.17. The molecule has 0 atom stereocenters. The van der Waals surface area contributed by atoms with Crippen LogP contribution in [0.3, 0.4) is 0 Å². The van der Waals surface area contributed by atoms with Crippen LogP contribution in [-0.4, -0.2) is 42.0 Å². The van der Waals surface area contributed by atoms with Gasteiger partial charge < -0.3 is 15.0 Å². The van der Waals surface area contributed by atoms with Crippen molar-refractivity contribution in [3.8, 4) is 0 Å². The van der Waals surface area contributed by atoms with Gasteiger partial charge in [0.15, 0.2) is 0 Å². The summed E-state index contributed by atoms with van der Waals surface area (Å²) in [5.41, 5.74) is 2.11. The minimum absolute atomic E-state index is 0.0846. The molecule has 0 aliphatic carbocycles. The Morgan fingerprint density at radius 1 is 1.12 bits per heavy atom. The third-order valence-corrected chi connectivity index (χ3v) is 3.86. The topological polar surface area (TPSA) is 71.5 Å². The normalized spacial score (nSPS) is 10.3. The molecular formula is C20H25N3O3. The van der Waals surface area contributed by atoms with Crippen molar-refractivity contribution in [2.45, 2.75) is 26.7 Å². The molecule has 0 bridgehead atoms. The number of aromatic nitrogens is 1. The number of nitrogens with zero attached hydrogens (tertiary/aromatic N) is 2. The van der Waals surface area contributed by atoms with Crippen LogP contribution in [-0.2, 0) is 4.74 Å². The minimum atomic E-state index is -0.421. The number of carbonyl (C=O) groups is 2. The van der Waals surface area contributed by atoms with Gasteiger partial charge in [0.05, 0.1) is 18.4 Å². The fraction of sp³-hybridized carbons (Fsp3) is 0.350. The maximum absolute atomic E-state index is 12.7. The van der Waals surface area contributed by atoms with E-state index in [1.807, 2.05) is 24.8 Å². The Balaban J connectivity index is 2.25. The van der Waals surface area contributed by atoms with E-state index in [0.717, 1.165) is 12.8 Å². The van der Waals surface area contributed by atoms with E-state index in [0.29, 0.717) is 35.7 Å². The lowest BCUT2D eigenvalue weighted by Crippen LogP contribution is -2.33. The molecule has 1 heterocycles. The lowest BCUT2D eigenvalue weighted by Gasteiger charge is -2.21. The molecule has 0 fully saturated rings. The van der Waals surface area contributed by atoms with Gasteiger partial charge in [0, 0.05) is 25.0 Å². The Kier molecular flexibility index (Phi) is 7.14. The van der Waals surface area contributed by atoms with Crippen LogP contribution in [0.25, 0.3) is 0 Å². The molecule has 1 aromatic carbocycles. The molecule has 138 valence electrons. The van der Waals surface area contributed by atoms with Crippen molar-refractivity contribution in [2.75, 3.05) is 25.5 Å². The predicted molar refractivity (Wildman–Crippen MR) is 102 cm³/mol. The van der Waals surface area contributed by atoms with Crippen LogP contribution in [0, 0.1) is 0 Å². The molecule has 0 saturated carbocycles. The molecule has 0 aliphatic rings. The first kappa shape index (κ1) is 19.4. The van der Waals surface area contributed by atoms with Crippen LogP contribution < -0.4 is 5.32 Å². The summed E-state index contributed by atoms with van der Waals surface area (Å²) in [7, 11) is 1.35. The number of benzene rings is 1.